The molecular weight excluding hydrogens is 144 g/mol. The number of nitrogens with one attached hydrogen (secondary N) is 1. The van der Waals surface area contributed by atoms with Crippen LogP contribution in [0, 0.1) is 11.3 Å². The molecule has 0 saturated heterocycles. The van der Waals surface area contributed by atoms with Crippen LogP contribution >= 0.6 is 0 Å². The van der Waals surface area contributed by atoms with E-state index in [0.717, 1.165) is 0 Å². The van der Waals surface area contributed by atoms with Crippen LogP contribution in [0.25, 0.3) is 0 Å². The van der Waals surface area contributed by atoms with Crippen molar-refractivity contribution < 1.29 is 9.47 Å². The molecule has 0 bridgehead atoms. The number of ether oxygens (including phenoxy) is 2. The fourth-order valence-corrected chi connectivity index (χ4v) is 0.536. The molecule has 0 amide bonds. The van der Waals surface area contributed by atoms with Gasteiger partial charge in [-0.25, -0.2) is 0 Å². The first-order chi connectivity index (χ1) is 5.31. The number of hydrogen-bond acceptors (Lipinski definition) is 4. The van der Waals surface area contributed by atoms with E-state index in [4.69, 9.17) is 10.00 Å². The quantitative estimate of drug-likeness (QED) is 0.440. The van der Waals surface area contributed by atoms with Crippen molar-refractivity contribution in [3.63, 3.8) is 0 Å². The third-order valence-corrected chi connectivity index (χ3v) is 1.09. The lowest BCUT2D eigenvalue weighted by molar-refractivity contribution is -0.0290. The maximum Gasteiger partial charge on any atom is 0.146 e. The van der Waals surface area contributed by atoms with E-state index >= 15 is 0 Å². The van der Waals surface area contributed by atoms with Crippen molar-refractivity contribution in [1.82, 2.24) is 5.32 Å². The maximum absolute atomic E-state index is 8.36. The zero-order valence-corrected chi connectivity index (χ0v) is 6.96. The second-order valence-electron chi connectivity index (χ2n) is 2.12. The van der Waals surface area contributed by atoms with Gasteiger partial charge in [-0.05, 0) is 6.92 Å². The van der Waals surface area contributed by atoms with Crippen LogP contribution in [0.1, 0.15) is 6.92 Å². The van der Waals surface area contributed by atoms with Gasteiger partial charge >= 0.3 is 0 Å². The Labute approximate surface area is 67.1 Å². The van der Waals surface area contributed by atoms with Gasteiger partial charge in [0, 0.05) is 13.7 Å². The van der Waals surface area contributed by atoms with E-state index in [1.54, 1.807) is 14.0 Å². The predicted molar refractivity (Wildman–Crippen MR) is 40.9 cm³/mol. The summed E-state index contributed by atoms with van der Waals surface area (Å²) < 4.78 is 9.64. The first-order valence-electron chi connectivity index (χ1n) is 3.51. The van der Waals surface area contributed by atoms with E-state index in [2.05, 4.69) is 16.1 Å². The Balaban J connectivity index is 2.97. The monoisotopic (exact) mass is 158 g/mol. The zero-order chi connectivity index (χ0) is 8.53. The standard InChI is InChI=1S/C7H14N2O2/c1-7(5-8)9-3-4-11-6-10-2/h7,9H,3-4,6H2,1-2H3. The Morgan fingerprint density at radius 1 is 1.64 bits per heavy atom. The molecule has 1 unspecified atom stereocenters. The molecule has 0 aromatic carbocycles. The molecule has 4 heteroatoms. The molecule has 0 aliphatic rings. The molecule has 4 nitrogen and oxygen atoms in total. The van der Waals surface area contributed by atoms with Crippen LogP contribution in [0.4, 0.5) is 0 Å². The molecule has 0 saturated carbocycles. The molecule has 0 rings (SSSR count). The highest BCUT2D eigenvalue weighted by Crippen LogP contribution is 1.77. The van der Waals surface area contributed by atoms with Crippen LogP contribution in [0.15, 0.2) is 0 Å². The number of nitrogens with zero attached hydrogens (tertiary/aromatic N) is 1. The first-order valence-corrected chi connectivity index (χ1v) is 3.51. The Kier molecular flexibility index (Phi) is 7.05. The van der Waals surface area contributed by atoms with E-state index in [9.17, 15) is 0 Å². The molecule has 11 heavy (non-hydrogen) atoms. The molecule has 0 aliphatic heterocycles. The Bertz CT molecular complexity index is 122. The Hall–Kier alpha value is -0.630. The minimum Gasteiger partial charge on any atom is -0.359 e. The van der Waals surface area contributed by atoms with E-state index < -0.39 is 0 Å². The summed E-state index contributed by atoms with van der Waals surface area (Å²) in [5.74, 6) is 0. The van der Waals surface area contributed by atoms with E-state index in [1.165, 1.54) is 0 Å². The summed E-state index contributed by atoms with van der Waals surface area (Å²) in [6, 6.07) is 1.95. The van der Waals surface area contributed by atoms with Gasteiger partial charge < -0.3 is 9.47 Å². The Morgan fingerprint density at radius 3 is 2.91 bits per heavy atom. The minimum absolute atomic E-state index is 0.110. The molecular formula is C7H14N2O2. The second kappa shape index (κ2) is 7.48. The number of methoxy groups -OCH3 is 1. The average molecular weight is 158 g/mol. The van der Waals surface area contributed by atoms with Crippen molar-refractivity contribution in [2.75, 3.05) is 27.1 Å². The highest BCUT2D eigenvalue weighted by Gasteiger charge is 1.95. The van der Waals surface area contributed by atoms with Crippen molar-refractivity contribution >= 4 is 0 Å². The van der Waals surface area contributed by atoms with Crippen LogP contribution < -0.4 is 5.32 Å². The summed E-state index contributed by atoms with van der Waals surface area (Å²) in [6.45, 7) is 3.36. The fraction of sp³-hybridized carbons (Fsp3) is 0.857. The summed E-state index contributed by atoms with van der Waals surface area (Å²) in [6.07, 6.45) is 0. The SMILES string of the molecule is COCOCCNC(C)C#N. The molecule has 1 N–H and O–H groups in total. The van der Waals surface area contributed by atoms with E-state index in [-0.39, 0.29) is 6.04 Å². The van der Waals surface area contributed by atoms with Gasteiger partial charge in [-0.3, -0.25) is 5.32 Å². The molecule has 0 aliphatic carbocycles. The number of nitriles is 1. The minimum atomic E-state index is -0.110. The molecule has 0 aromatic rings. The Morgan fingerprint density at radius 2 is 2.36 bits per heavy atom. The van der Waals surface area contributed by atoms with Crippen LogP contribution in [0.5, 0.6) is 0 Å². The summed E-state index contributed by atoms with van der Waals surface area (Å²) >= 11 is 0. The first kappa shape index (κ1) is 10.4. The van der Waals surface area contributed by atoms with Crippen molar-refractivity contribution in [2.24, 2.45) is 0 Å². The average Bonchev–Trinajstić information content (AvgIpc) is 2.04. The summed E-state index contributed by atoms with van der Waals surface area (Å²) in [7, 11) is 1.57. The molecule has 0 fully saturated rings. The predicted octanol–water partition coefficient (Wildman–Crippen LogP) is 0.109. The largest absolute Gasteiger partial charge is 0.359 e. The van der Waals surface area contributed by atoms with Crippen LogP contribution in [0.3, 0.4) is 0 Å². The van der Waals surface area contributed by atoms with Crippen LogP contribution in [0.2, 0.25) is 0 Å². The van der Waals surface area contributed by atoms with Gasteiger partial charge in [0.25, 0.3) is 0 Å². The summed E-state index contributed by atoms with van der Waals surface area (Å²) in [4.78, 5) is 0. The highest BCUT2D eigenvalue weighted by molar-refractivity contribution is 4.84. The lowest BCUT2D eigenvalue weighted by Gasteiger charge is -2.05. The van der Waals surface area contributed by atoms with Gasteiger partial charge in [-0.15, -0.1) is 0 Å². The summed E-state index contributed by atoms with van der Waals surface area (Å²) in [5, 5.41) is 11.3. The molecule has 1 atom stereocenters. The lowest BCUT2D eigenvalue weighted by Crippen LogP contribution is -2.28. The van der Waals surface area contributed by atoms with Crippen molar-refractivity contribution in [3.8, 4) is 6.07 Å². The molecule has 64 valence electrons. The molecule has 0 aromatic heterocycles. The van der Waals surface area contributed by atoms with Gasteiger partial charge in [-0.2, -0.15) is 5.26 Å². The fourth-order valence-electron chi connectivity index (χ4n) is 0.536. The van der Waals surface area contributed by atoms with Gasteiger partial charge in [0.15, 0.2) is 0 Å². The number of hydrogen-bond donors (Lipinski definition) is 1. The van der Waals surface area contributed by atoms with Gasteiger partial charge in [0.2, 0.25) is 0 Å². The van der Waals surface area contributed by atoms with Gasteiger partial charge in [-0.1, -0.05) is 0 Å². The topological polar surface area (TPSA) is 54.3 Å². The molecule has 0 heterocycles. The van der Waals surface area contributed by atoms with Gasteiger partial charge in [0.1, 0.15) is 6.79 Å². The molecule has 0 spiro atoms. The zero-order valence-electron chi connectivity index (χ0n) is 6.96. The van der Waals surface area contributed by atoms with Crippen LogP contribution in [-0.2, 0) is 9.47 Å². The third kappa shape index (κ3) is 7.26. The van der Waals surface area contributed by atoms with Crippen molar-refractivity contribution in [3.05, 3.63) is 0 Å². The third-order valence-electron chi connectivity index (χ3n) is 1.09. The van der Waals surface area contributed by atoms with Crippen molar-refractivity contribution in [2.45, 2.75) is 13.0 Å². The van der Waals surface area contributed by atoms with Crippen LogP contribution in [-0.4, -0.2) is 33.1 Å². The highest BCUT2D eigenvalue weighted by atomic mass is 16.7. The van der Waals surface area contributed by atoms with E-state index in [0.29, 0.717) is 19.9 Å². The maximum atomic E-state index is 8.36. The summed E-state index contributed by atoms with van der Waals surface area (Å²) in [5.41, 5.74) is 0. The van der Waals surface area contributed by atoms with E-state index in [1.807, 2.05) is 0 Å². The second-order valence-corrected chi connectivity index (χ2v) is 2.12. The van der Waals surface area contributed by atoms with Gasteiger partial charge in [0.05, 0.1) is 18.7 Å². The molecule has 0 radical (unpaired) electrons. The van der Waals surface area contributed by atoms with Crippen molar-refractivity contribution in [1.29, 1.82) is 5.26 Å². The smallest absolute Gasteiger partial charge is 0.146 e. The normalized spacial score (nSPS) is 12.5. The number of rotatable bonds is 6. The lowest BCUT2D eigenvalue weighted by atomic mass is 10.4.